The molecule has 180 valence electrons. The van der Waals surface area contributed by atoms with Crippen molar-refractivity contribution in [3.05, 3.63) is 77.7 Å². The highest BCUT2D eigenvalue weighted by Gasteiger charge is 2.28. The van der Waals surface area contributed by atoms with Gasteiger partial charge in [0.05, 0.1) is 22.6 Å². The van der Waals surface area contributed by atoms with Gasteiger partial charge in [0, 0.05) is 30.2 Å². The molecule has 10 nitrogen and oxygen atoms in total. The van der Waals surface area contributed by atoms with Gasteiger partial charge in [0.25, 0.3) is 5.56 Å². The summed E-state index contributed by atoms with van der Waals surface area (Å²) in [5.74, 6) is 0.0661. The number of benzene rings is 2. The highest BCUT2D eigenvalue weighted by atomic mass is 16.2. The number of carbonyl (C=O) groups excluding carboxylic acids is 1. The van der Waals surface area contributed by atoms with Crippen LogP contribution in [0.5, 0.6) is 0 Å². The summed E-state index contributed by atoms with van der Waals surface area (Å²) in [4.78, 5) is 26.9. The van der Waals surface area contributed by atoms with E-state index >= 15 is 0 Å². The van der Waals surface area contributed by atoms with Gasteiger partial charge in [-0.05, 0) is 37.1 Å². The molecular weight excluding hydrogens is 456 g/mol. The fraction of sp³-hybridized carbons (Fsp3) is 0.192. The summed E-state index contributed by atoms with van der Waals surface area (Å²) in [5.41, 5.74) is 9.42. The summed E-state index contributed by atoms with van der Waals surface area (Å²) in [6.07, 6.45) is 4.88. The van der Waals surface area contributed by atoms with Gasteiger partial charge in [-0.3, -0.25) is 14.3 Å². The van der Waals surface area contributed by atoms with Crippen LogP contribution in [0.25, 0.3) is 38.8 Å². The number of nitrogens with one attached hydrogen (secondary N) is 1. The third-order valence-corrected chi connectivity index (χ3v) is 6.71. The highest BCUT2D eigenvalue weighted by molar-refractivity contribution is 5.99. The van der Waals surface area contributed by atoms with Gasteiger partial charge in [-0.15, -0.1) is 0 Å². The predicted molar refractivity (Wildman–Crippen MR) is 138 cm³/mol. The number of hydrogen-bond acceptors (Lipinski definition) is 6. The normalized spacial score (nSPS) is 16.0. The van der Waals surface area contributed by atoms with Gasteiger partial charge in [0.15, 0.2) is 5.82 Å². The first-order valence-electron chi connectivity index (χ1n) is 11.8. The van der Waals surface area contributed by atoms with Gasteiger partial charge in [-0.25, -0.2) is 9.78 Å². The Labute approximate surface area is 205 Å². The fourth-order valence-electron chi connectivity index (χ4n) is 4.93. The zero-order chi connectivity index (χ0) is 24.8. The Bertz CT molecular complexity index is 1650. The molecule has 1 amide bonds. The molecule has 0 unspecified atom stereocenters. The molecule has 0 spiro atoms. The smallest absolute Gasteiger partial charge is 0.290 e. The minimum absolute atomic E-state index is 0.131. The zero-order valence-corrected chi connectivity index (χ0v) is 19.5. The molecule has 0 radical (unpaired) electrons. The van der Waals surface area contributed by atoms with Crippen molar-refractivity contribution in [1.29, 1.82) is 0 Å². The van der Waals surface area contributed by atoms with Crippen LogP contribution in [0.3, 0.4) is 0 Å². The third-order valence-electron chi connectivity index (χ3n) is 6.71. The van der Waals surface area contributed by atoms with E-state index in [1.54, 1.807) is 9.58 Å². The van der Waals surface area contributed by atoms with Gasteiger partial charge in [-0.1, -0.05) is 36.9 Å². The predicted octanol–water partition coefficient (Wildman–Crippen LogP) is 3.06. The fourth-order valence-corrected chi connectivity index (χ4v) is 4.93. The number of aromatic amines is 1. The maximum absolute atomic E-state index is 12.9. The standard InChI is InChI=1S/C26H24N8O2/c1-2-21(35)32-13-5-7-19(15-32)34-24-22(25(27)28-29-26(24)36)23(31-34)16-9-11-18(12-10-16)33-14-17-6-3-4-8-20(17)30-33/h2-4,6,8-12,14,19H,1,5,7,13,15H2,(H2,27,28)(H,29,36)/t19-/m1/s1. The van der Waals surface area contributed by atoms with Gasteiger partial charge in [0.2, 0.25) is 5.91 Å². The van der Waals surface area contributed by atoms with E-state index in [0.717, 1.165) is 35.0 Å². The molecule has 1 saturated heterocycles. The Balaban J connectivity index is 1.43. The number of hydrogen-bond donors (Lipinski definition) is 2. The van der Waals surface area contributed by atoms with Crippen LogP contribution in [-0.2, 0) is 4.79 Å². The number of H-pyrrole nitrogens is 1. The Morgan fingerprint density at radius 2 is 1.94 bits per heavy atom. The van der Waals surface area contributed by atoms with Gasteiger partial charge in [0.1, 0.15) is 11.2 Å². The van der Waals surface area contributed by atoms with E-state index in [4.69, 9.17) is 10.8 Å². The van der Waals surface area contributed by atoms with E-state index in [1.165, 1.54) is 6.08 Å². The summed E-state index contributed by atoms with van der Waals surface area (Å²) in [6.45, 7) is 4.68. The van der Waals surface area contributed by atoms with Crippen LogP contribution in [0.1, 0.15) is 18.9 Å². The average Bonchev–Trinajstić information content (AvgIpc) is 3.54. The van der Waals surface area contributed by atoms with Gasteiger partial charge >= 0.3 is 0 Å². The maximum Gasteiger partial charge on any atom is 0.290 e. The summed E-state index contributed by atoms with van der Waals surface area (Å²) in [6, 6.07) is 15.5. The number of nitrogens with zero attached hydrogens (tertiary/aromatic N) is 6. The first kappa shape index (κ1) is 21.8. The van der Waals surface area contributed by atoms with Crippen molar-refractivity contribution in [2.45, 2.75) is 18.9 Å². The monoisotopic (exact) mass is 480 g/mol. The minimum Gasteiger partial charge on any atom is -0.382 e. The van der Waals surface area contributed by atoms with Crippen LogP contribution in [0.4, 0.5) is 5.82 Å². The zero-order valence-electron chi connectivity index (χ0n) is 19.5. The van der Waals surface area contributed by atoms with Crippen molar-refractivity contribution in [1.82, 2.24) is 34.7 Å². The molecule has 3 N–H and O–H groups in total. The molecule has 2 aromatic carbocycles. The number of fused-ring (bicyclic) bond motifs is 2. The van der Waals surface area contributed by atoms with Crippen molar-refractivity contribution in [2.75, 3.05) is 18.8 Å². The number of nitrogen functional groups attached to an aromatic ring is 1. The number of aromatic nitrogens is 6. The molecule has 36 heavy (non-hydrogen) atoms. The van der Waals surface area contributed by atoms with E-state index < -0.39 is 0 Å². The van der Waals surface area contributed by atoms with Crippen molar-refractivity contribution in [2.24, 2.45) is 0 Å². The lowest BCUT2D eigenvalue weighted by Crippen LogP contribution is -2.40. The van der Waals surface area contributed by atoms with Crippen molar-refractivity contribution in [3.8, 4) is 16.9 Å². The number of likely N-dealkylation sites (tertiary alicyclic amines) is 1. The van der Waals surface area contributed by atoms with Crippen molar-refractivity contribution in [3.63, 3.8) is 0 Å². The Kier molecular flexibility index (Phi) is 5.14. The quantitative estimate of drug-likeness (QED) is 0.381. The van der Waals surface area contributed by atoms with Crippen molar-refractivity contribution < 1.29 is 4.79 Å². The lowest BCUT2D eigenvalue weighted by Gasteiger charge is -2.32. The topological polar surface area (TPSA) is 128 Å². The second kappa shape index (κ2) is 8.49. The van der Waals surface area contributed by atoms with Crippen LogP contribution >= 0.6 is 0 Å². The molecule has 1 aliphatic rings. The second-order valence-corrected chi connectivity index (χ2v) is 8.92. The van der Waals surface area contributed by atoms with Gasteiger partial charge in [-0.2, -0.15) is 15.3 Å². The molecular formula is C26H24N8O2. The summed E-state index contributed by atoms with van der Waals surface area (Å²) < 4.78 is 3.54. The highest BCUT2D eigenvalue weighted by Crippen LogP contribution is 2.33. The molecule has 1 fully saturated rings. The number of anilines is 1. The molecule has 1 atom stereocenters. The van der Waals surface area contributed by atoms with Crippen LogP contribution in [-0.4, -0.2) is 53.7 Å². The molecule has 0 saturated carbocycles. The van der Waals surface area contributed by atoms with E-state index in [2.05, 4.69) is 21.9 Å². The van der Waals surface area contributed by atoms with Gasteiger partial charge < -0.3 is 10.6 Å². The lowest BCUT2D eigenvalue weighted by atomic mass is 10.1. The minimum atomic E-state index is -0.370. The molecule has 6 rings (SSSR count). The van der Waals surface area contributed by atoms with Crippen LogP contribution in [0, 0.1) is 0 Å². The Hall–Kier alpha value is -4.73. The van der Waals surface area contributed by atoms with E-state index in [-0.39, 0.29) is 23.3 Å². The molecule has 0 bridgehead atoms. The summed E-state index contributed by atoms with van der Waals surface area (Å²) in [7, 11) is 0. The van der Waals surface area contributed by atoms with Crippen LogP contribution in [0.15, 0.2) is 72.2 Å². The number of nitrogens with two attached hydrogens (primary N) is 1. The molecule has 10 heteroatoms. The average molecular weight is 481 g/mol. The number of amides is 1. The Morgan fingerprint density at radius 1 is 1.14 bits per heavy atom. The van der Waals surface area contributed by atoms with E-state index in [0.29, 0.717) is 29.7 Å². The number of carbonyl (C=O) groups is 1. The SMILES string of the molecule is C=CC(=O)N1CCC[C@@H](n2nc(-c3ccc(-n4cc5ccccc5n4)cc3)c3c(N)n[nH]c(=O)c32)C1. The second-order valence-electron chi connectivity index (χ2n) is 8.92. The van der Waals surface area contributed by atoms with E-state index in [1.807, 2.05) is 59.4 Å². The third kappa shape index (κ3) is 3.54. The van der Waals surface area contributed by atoms with Crippen LogP contribution < -0.4 is 11.3 Å². The molecule has 1 aliphatic heterocycles. The summed E-state index contributed by atoms with van der Waals surface area (Å²) in [5, 5.41) is 17.5. The molecule has 0 aliphatic carbocycles. The Morgan fingerprint density at radius 3 is 2.72 bits per heavy atom. The first-order valence-corrected chi connectivity index (χ1v) is 11.8. The molecule has 3 aromatic heterocycles. The van der Waals surface area contributed by atoms with Crippen molar-refractivity contribution >= 4 is 33.5 Å². The number of rotatable bonds is 4. The summed E-state index contributed by atoms with van der Waals surface area (Å²) >= 11 is 0. The van der Waals surface area contributed by atoms with Crippen LogP contribution in [0.2, 0.25) is 0 Å². The van der Waals surface area contributed by atoms with E-state index in [9.17, 15) is 9.59 Å². The lowest BCUT2D eigenvalue weighted by molar-refractivity contribution is -0.127. The largest absolute Gasteiger partial charge is 0.382 e. The molecule has 5 aromatic rings. The number of piperidine rings is 1. The maximum atomic E-state index is 12.9. The molecule has 4 heterocycles. The first-order chi connectivity index (χ1) is 17.5.